The number of ether oxygens (including phenoxy) is 1. The van der Waals surface area contributed by atoms with E-state index in [0.29, 0.717) is 46.8 Å². The Balaban J connectivity index is 0.984. The number of amides is 2. The summed E-state index contributed by atoms with van der Waals surface area (Å²) in [7, 11) is -3.06. The van der Waals surface area contributed by atoms with Crippen molar-refractivity contribution in [3.05, 3.63) is 130 Å². The average Bonchev–Trinajstić information content (AvgIpc) is 3.53. The van der Waals surface area contributed by atoms with Gasteiger partial charge in [0.2, 0.25) is 22.5 Å². The van der Waals surface area contributed by atoms with Gasteiger partial charge in [-0.15, -0.1) is 10.2 Å². The monoisotopic (exact) mass is 836 g/mol. The molecule has 2 heterocycles. The van der Waals surface area contributed by atoms with Crippen molar-refractivity contribution in [2.45, 2.75) is 64.8 Å². The number of carboxylic acid groups (broad SMARTS) is 1. The predicted molar refractivity (Wildman–Crippen MR) is 231 cm³/mol. The standard InChI is InChI=1S/C43H49ClN6O6Si2/c1-28-48-49-41-37(47-40(29-10-16-32(44)17-11-29)36-26-33(55-2)18-23-38(36)50(28)41)27-39(51)45-24-8-7-9-25-46-42(52)30-12-19-34(20-13-30)57(3,4)56-58(5,6)35-21-14-31(15-22-35)43(53)54/h10-23,26,37H,7-9,24-25,27H2,1-6H3,(H,45,51)(H,46,52)(H,53,54)/t37-/m0/s1. The minimum atomic E-state index is -2.35. The molecular weight excluding hydrogens is 788 g/mol. The molecule has 0 saturated carbocycles. The number of carbonyl (C=O) groups excluding carboxylic acids is 2. The van der Waals surface area contributed by atoms with Gasteiger partial charge in [0, 0.05) is 34.8 Å². The lowest BCUT2D eigenvalue weighted by molar-refractivity contribution is -0.121. The lowest BCUT2D eigenvalue weighted by Crippen LogP contribution is -2.57. The third-order valence-electron chi connectivity index (χ3n) is 10.3. The van der Waals surface area contributed by atoms with Gasteiger partial charge in [-0.2, -0.15) is 0 Å². The Morgan fingerprint density at radius 3 is 2.00 bits per heavy atom. The topological polar surface area (TPSA) is 157 Å². The number of unbranched alkanes of at least 4 members (excludes halogenated alkanes) is 2. The first-order valence-corrected chi connectivity index (χ1v) is 25.5. The highest BCUT2D eigenvalue weighted by Gasteiger charge is 2.36. The van der Waals surface area contributed by atoms with Crippen molar-refractivity contribution in [2.24, 2.45) is 4.99 Å². The summed E-state index contributed by atoms with van der Waals surface area (Å²) in [5.74, 6) is 0.711. The Morgan fingerprint density at radius 2 is 1.40 bits per heavy atom. The highest BCUT2D eigenvalue weighted by Crippen LogP contribution is 2.34. The van der Waals surface area contributed by atoms with Crippen molar-refractivity contribution in [1.29, 1.82) is 0 Å². The highest BCUT2D eigenvalue weighted by atomic mass is 35.5. The predicted octanol–water partition coefficient (Wildman–Crippen LogP) is 6.48. The van der Waals surface area contributed by atoms with E-state index in [9.17, 15) is 19.5 Å². The maximum atomic E-state index is 13.3. The summed E-state index contributed by atoms with van der Waals surface area (Å²) < 4.78 is 14.3. The minimum absolute atomic E-state index is 0.0864. The molecule has 0 aliphatic carbocycles. The molecule has 6 rings (SSSR count). The molecular formula is C43H49ClN6O6Si2. The Kier molecular flexibility index (Phi) is 13.1. The van der Waals surface area contributed by atoms with Crippen molar-refractivity contribution in [1.82, 2.24) is 25.4 Å². The van der Waals surface area contributed by atoms with E-state index in [-0.39, 0.29) is 23.8 Å². The molecule has 1 atom stereocenters. The number of rotatable bonds is 16. The number of hydrogen-bond donors (Lipinski definition) is 3. The number of nitrogens with zero attached hydrogens (tertiary/aromatic N) is 4. The number of carbonyl (C=O) groups is 3. The van der Waals surface area contributed by atoms with Gasteiger partial charge in [-0.3, -0.25) is 19.1 Å². The highest BCUT2D eigenvalue weighted by molar-refractivity contribution is 6.96. The second-order valence-electron chi connectivity index (χ2n) is 15.3. The van der Waals surface area contributed by atoms with Gasteiger partial charge < -0.3 is 24.6 Å². The molecule has 0 fully saturated rings. The maximum Gasteiger partial charge on any atom is 0.335 e. The van der Waals surface area contributed by atoms with Gasteiger partial charge in [0.25, 0.3) is 5.91 Å². The van der Waals surface area contributed by atoms with Crippen LogP contribution in [0.1, 0.15) is 75.2 Å². The summed E-state index contributed by atoms with van der Waals surface area (Å²) in [4.78, 5) is 42.7. The number of hydrogen-bond acceptors (Lipinski definition) is 8. The number of methoxy groups -OCH3 is 1. The van der Waals surface area contributed by atoms with Gasteiger partial charge in [-0.05, 0) is 117 Å². The number of nitrogens with one attached hydrogen (secondary N) is 2. The van der Waals surface area contributed by atoms with Crippen molar-refractivity contribution < 1.29 is 28.3 Å². The molecule has 1 aliphatic heterocycles. The van der Waals surface area contributed by atoms with Crippen LogP contribution in [0.5, 0.6) is 5.75 Å². The van der Waals surface area contributed by atoms with Gasteiger partial charge in [0.15, 0.2) is 5.82 Å². The number of aromatic carboxylic acids is 1. The van der Waals surface area contributed by atoms with Crippen LogP contribution < -0.4 is 25.7 Å². The van der Waals surface area contributed by atoms with Crippen LogP contribution in [0.4, 0.5) is 0 Å². The maximum absolute atomic E-state index is 13.3. The second-order valence-corrected chi connectivity index (χ2v) is 23.7. The number of carboxylic acids is 1. The SMILES string of the molecule is COc1ccc2c(c1)C(c1ccc(Cl)cc1)=N[C@@H](CC(=O)NCCCCCNC(=O)c1ccc([Si](C)(C)O[Si](C)(C)c3ccc(C(=O)O)cc3)cc1)c1nnc(C)n1-2. The van der Waals surface area contributed by atoms with Gasteiger partial charge in [0.1, 0.15) is 17.6 Å². The zero-order valence-electron chi connectivity index (χ0n) is 33.6. The van der Waals surface area contributed by atoms with Crippen LogP contribution in [0.15, 0.2) is 96.0 Å². The molecule has 0 radical (unpaired) electrons. The van der Waals surface area contributed by atoms with Crippen LogP contribution in [0.3, 0.4) is 0 Å². The van der Waals surface area contributed by atoms with Crippen LogP contribution >= 0.6 is 11.6 Å². The van der Waals surface area contributed by atoms with E-state index in [1.165, 1.54) is 0 Å². The van der Waals surface area contributed by atoms with Gasteiger partial charge >= 0.3 is 5.97 Å². The van der Waals surface area contributed by atoms with Crippen molar-refractivity contribution in [2.75, 3.05) is 20.2 Å². The van der Waals surface area contributed by atoms with Crippen LogP contribution in [-0.4, -0.2) is 80.2 Å². The summed E-state index contributed by atoms with van der Waals surface area (Å²) >= 11 is 6.22. The van der Waals surface area contributed by atoms with E-state index in [0.717, 1.165) is 46.5 Å². The van der Waals surface area contributed by atoms with Crippen LogP contribution in [0, 0.1) is 6.92 Å². The second kappa shape index (κ2) is 18.0. The molecule has 3 N–H and O–H groups in total. The largest absolute Gasteiger partial charge is 0.497 e. The van der Waals surface area contributed by atoms with E-state index in [1.54, 1.807) is 19.2 Å². The normalized spacial score (nSPS) is 13.8. The molecule has 0 unspecified atom stereocenters. The van der Waals surface area contributed by atoms with Gasteiger partial charge in [-0.25, -0.2) is 4.79 Å². The Morgan fingerprint density at radius 1 is 0.793 bits per heavy atom. The Labute approximate surface area is 345 Å². The summed E-state index contributed by atoms with van der Waals surface area (Å²) in [5.41, 5.74) is 4.07. The third-order valence-corrected chi connectivity index (χ3v) is 18.1. The Hall–Kier alpha value is -5.42. The molecule has 2 amide bonds. The molecule has 302 valence electrons. The van der Waals surface area contributed by atoms with Crippen LogP contribution in [-0.2, 0) is 8.91 Å². The molecule has 0 saturated heterocycles. The number of aliphatic imine (C=N–C) groups is 1. The van der Waals surface area contributed by atoms with E-state index < -0.39 is 28.6 Å². The molecule has 58 heavy (non-hydrogen) atoms. The lowest BCUT2D eigenvalue weighted by Gasteiger charge is -2.34. The summed E-state index contributed by atoms with van der Waals surface area (Å²) in [5, 5.41) is 26.8. The molecule has 5 aromatic rings. The average molecular weight is 838 g/mol. The van der Waals surface area contributed by atoms with E-state index >= 15 is 0 Å². The number of aryl methyl sites for hydroxylation is 1. The molecule has 1 aromatic heterocycles. The molecule has 15 heteroatoms. The number of halogens is 1. The number of aromatic nitrogens is 3. The molecule has 12 nitrogen and oxygen atoms in total. The smallest absolute Gasteiger partial charge is 0.335 e. The summed E-state index contributed by atoms with van der Waals surface area (Å²) in [6.07, 6.45) is 2.43. The fourth-order valence-electron chi connectivity index (χ4n) is 7.18. The van der Waals surface area contributed by atoms with Crippen molar-refractivity contribution in [3.63, 3.8) is 0 Å². The molecule has 1 aliphatic rings. The first-order valence-electron chi connectivity index (χ1n) is 19.3. The van der Waals surface area contributed by atoms with E-state index in [4.69, 9.17) is 25.4 Å². The Bertz CT molecular complexity index is 2310. The molecule has 0 bridgehead atoms. The third kappa shape index (κ3) is 9.81. The summed E-state index contributed by atoms with van der Waals surface area (Å²) in [6, 6.07) is 27.2. The van der Waals surface area contributed by atoms with Gasteiger partial charge in [-0.1, -0.05) is 48.0 Å². The van der Waals surface area contributed by atoms with Gasteiger partial charge in [0.05, 0.1) is 30.5 Å². The number of benzene rings is 4. The summed E-state index contributed by atoms with van der Waals surface area (Å²) in [6.45, 7) is 11.4. The molecule has 0 spiro atoms. The first kappa shape index (κ1) is 42.2. The van der Waals surface area contributed by atoms with E-state index in [2.05, 4.69) is 47.0 Å². The van der Waals surface area contributed by atoms with E-state index in [1.807, 2.05) is 90.4 Å². The number of fused-ring (bicyclic) bond motifs is 3. The van der Waals surface area contributed by atoms with Crippen LogP contribution in [0.25, 0.3) is 5.69 Å². The minimum Gasteiger partial charge on any atom is -0.497 e. The molecule has 4 aromatic carbocycles. The quantitative estimate of drug-likeness (QED) is 0.0754. The van der Waals surface area contributed by atoms with Crippen molar-refractivity contribution >= 4 is 62.1 Å². The zero-order valence-corrected chi connectivity index (χ0v) is 36.4. The van der Waals surface area contributed by atoms with Crippen molar-refractivity contribution in [3.8, 4) is 11.4 Å². The lowest BCUT2D eigenvalue weighted by atomic mass is 10.00. The zero-order chi connectivity index (χ0) is 41.6. The fraction of sp³-hybridized carbons (Fsp3) is 0.302. The first-order chi connectivity index (χ1) is 27.7. The fourth-order valence-corrected chi connectivity index (χ4v) is 15.3. The van der Waals surface area contributed by atoms with Crippen LogP contribution in [0.2, 0.25) is 31.2 Å².